The number of methoxy groups -OCH3 is 1. The van der Waals surface area contributed by atoms with Crippen molar-refractivity contribution >= 4 is 11.5 Å². The van der Waals surface area contributed by atoms with E-state index >= 15 is 0 Å². The van der Waals surface area contributed by atoms with Crippen LogP contribution in [0.4, 0.5) is 5.69 Å². The first kappa shape index (κ1) is 27.2. The summed E-state index contributed by atoms with van der Waals surface area (Å²) >= 11 is 0. The lowest BCUT2D eigenvalue weighted by Crippen LogP contribution is -2.09. The van der Waals surface area contributed by atoms with E-state index < -0.39 is 0 Å². The standard InChI is InChI=1S/C27H37NO6/c1-5-7-8-9-13-21-14-10-15-25(26(21)28(30)31)34-19-11-18-33-24-17-16-22(20(3)29)27(32-4)23(24)12-6-2/h10,14-17H,5-9,11-13,18-19H2,1-4H3. The third-order valence-corrected chi connectivity index (χ3v) is 5.67. The summed E-state index contributed by atoms with van der Waals surface area (Å²) in [6.45, 7) is 6.39. The molecule has 0 fully saturated rings. The normalized spacial score (nSPS) is 10.7. The molecule has 0 aliphatic heterocycles. The molecule has 0 bridgehead atoms. The highest BCUT2D eigenvalue weighted by Gasteiger charge is 2.21. The van der Waals surface area contributed by atoms with E-state index in [9.17, 15) is 14.9 Å². The van der Waals surface area contributed by atoms with Crippen LogP contribution in [0.5, 0.6) is 17.2 Å². The molecule has 0 aliphatic carbocycles. The van der Waals surface area contributed by atoms with Gasteiger partial charge in [0.2, 0.25) is 0 Å². The zero-order valence-electron chi connectivity index (χ0n) is 20.9. The molecule has 34 heavy (non-hydrogen) atoms. The van der Waals surface area contributed by atoms with Gasteiger partial charge < -0.3 is 14.2 Å². The molecular weight excluding hydrogens is 434 g/mol. The Kier molecular flexibility index (Phi) is 11.4. The quantitative estimate of drug-likeness (QED) is 0.117. The minimum absolute atomic E-state index is 0.0525. The summed E-state index contributed by atoms with van der Waals surface area (Å²) in [6.07, 6.45) is 7.10. The number of Topliss-reactive ketones (excluding diaryl/α,β-unsaturated/α-hetero) is 1. The Bertz CT molecular complexity index is 956. The maximum Gasteiger partial charge on any atom is 0.314 e. The number of para-hydroxylation sites is 1. The van der Waals surface area contributed by atoms with Gasteiger partial charge in [-0.2, -0.15) is 0 Å². The monoisotopic (exact) mass is 471 g/mol. The van der Waals surface area contributed by atoms with Crippen molar-refractivity contribution in [3.63, 3.8) is 0 Å². The summed E-state index contributed by atoms with van der Waals surface area (Å²) in [5, 5.41) is 11.7. The molecule has 0 aliphatic rings. The molecule has 0 saturated heterocycles. The van der Waals surface area contributed by atoms with E-state index in [2.05, 4.69) is 13.8 Å². The summed E-state index contributed by atoms with van der Waals surface area (Å²) in [5.74, 6) is 1.50. The van der Waals surface area contributed by atoms with Crippen molar-refractivity contribution in [3.8, 4) is 17.2 Å². The van der Waals surface area contributed by atoms with Crippen molar-refractivity contribution in [3.05, 3.63) is 57.1 Å². The lowest BCUT2D eigenvalue weighted by Gasteiger charge is -2.17. The first-order valence-corrected chi connectivity index (χ1v) is 12.2. The first-order valence-electron chi connectivity index (χ1n) is 12.2. The topological polar surface area (TPSA) is 87.9 Å². The van der Waals surface area contributed by atoms with E-state index in [1.807, 2.05) is 12.1 Å². The Balaban J connectivity index is 2.00. The van der Waals surface area contributed by atoms with E-state index in [-0.39, 0.29) is 16.4 Å². The average Bonchev–Trinajstić information content (AvgIpc) is 2.82. The maximum atomic E-state index is 11.9. The summed E-state index contributed by atoms with van der Waals surface area (Å²) < 4.78 is 17.3. The van der Waals surface area contributed by atoms with Crippen molar-refractivity contribution in [2.24, 2.45) is 0 Å². The Hall–Kier alpha value is -3.09. The van der Waals surface area contributed by atoms with Gasteiger partial charge in [0.1, 0.15) is 11.5 Å². The molecule has 0 atom stereocenters. The zero-order chi connectivity index (χ0) is 24.9. The summed E-state index contributed by atoms with van der Waals surface area (Å²) in [4.78, 5) is 23.3. The number of aryl methyl sites for hydroxylation is 1. The summed E-state index contributed by atoms with van der Waals surface area (Å²) in [6, 6.07) is 8.81. The Morgan fingerprint density at radius 1 is 0.912 bits per heavy atom. The number of nitro benzene ring substituents is 1. The van der Waals surface area contributed by atoms with Crippen molar-refractivity contribution in [2.75, 3.05) is 20.3 Å². The van der Waals surface area contributed by atoms with Gasteiger partial charge in [0.05, 0.1) is 30.8 Å². The van der Waals surface area contributed by atoms with Gasteiger partial charge in [-0.25, -0.2) is 0 Å². The van der Waals surface area contributed by atoms with Crippen LogP contribution in [0.15, 0.2) is 30.3 Å². The van der Waals surface area contributed by atoms with E-state index in [1.165, 1.54) is 6.92 Å². The summed E-state index contributed by atoms with van der Waals surface area (Å²) in [7, 11) is 1.56. The SMILES string of the molecule is CCCCCCc1cccc(OCCCOc2ccc(C(C)=O)c(OC)c2CCC)c1[N+](=O)[O-]. The lowest BCUT2D eigenvalue weighted by atomic mass is 10.0. The minimum atomic E-state index is -0.346. The fraction of sp³-hybridized carbons (Fsp3) is 0.519. The van der Waals surface area contributed by atoms with Gasteiger partial charge in [0, 0.05) is 17.5 Å². The molecule has 2 aromatic carbocycles. The predicted molar refractivity (Wildman–Crippen MR) is 134 cm³/mol. The number of nitrogens with zero attached hydrogens (tertiary/aromatic N) is 1. The molecule has 0 amide bonds. The molecule has 2 aromatic rings. The Labute approximate surface area is 202 Å². The molecule has 0 heterocycles. The van der Waals surface area contributed by atoms with Gasteiger partial charge in [0.25, 0.3) is 0 Å². The highest BCUT2D eigenvalue weighted by Crippen LogP contribution is 2.34. The third kappa shape index (κ3) is 7.47. The Morgan fingerprint density at radius 3 is 2.26 bits per heavy atom. The highest BCUT2D eigenvalue weighted by atomic mass is 16.6. The Morgan fingerprint density at radius 2 is 1.65 bits per heavy atom. The fourth-order valence-corrected chi connectivity index (χ4v) is 4.00. The van der Waals surface area contributed by atoms with E-state index in [0.717, 1.165) is 49.7 Å². The molecular formula is C27H37NO6. The number of nitro groups is 1. The van der Waals surface area contributed by atoms with Gasteiger partial charge in [-0.3, -0.25) is 14.9 Å². The molecule has 0 spiro atoms. The van der Waals surface area contributed by atoms with Gasteiger partial charge in [0.15, 0.2) is 11.5 Å². The predicted octanol–water partition coefficient (Wildman–Crippen LogP) is 6.73. The van der Waals surface area contributed by atoms with E-state index in [1.54, 1.807) is 25.3 Å². The minimum Gasteiger partial charge on any atom is -0.496 e. The van der Waals surface area contributed by atoms with Crippen LogP contribution in [0.1, 0.15) is 80.8 Å². The summed E-state index contributed by atoms with van der Waals surface area (Å²) in [5.41, 5.74) is 2.21. The molecule has 0 N–H and O–H groups in total. The molecule has 0 radical (unpaired) electrons. The number of ketones is 1. The van der Waals surface area contributed by atoms with Crippen LogP contribution in [0.3, 0.4) is 0 Å². The van der Waals surface area contributed by atoms with Crippen LogP contribution in [0.25, 0.3) is 0 Å². The van der Waals surface area contributed by atoms with Crippen LogP contribution in [-0.4, -0.2) is 31.0 Å². The van der Waals surface area contributed by atoms with Crippen LogP contribution >= 0.6 is 0 Å². The zero-order valence-corrected chi connectivity index (χ0v) is 20.9. The smallest absolute Gasteiger partial charge is 0.314 e. The molecule has 0 aromatic heterocycles. The van der Waals surface area contributed by atoms with Gasteiger partial charge >= 0.3 is 5.69 Å². The van der Waals surface area contributed by atoms with Crippen LogP contribution in [0, 0.1) is 10.1 Å². The van der Waals surface area contributed by atoms with E-state index in [0.29, 0.717) is 48.9 Å². The van der Waals surface area contributed by atoms with Gasteiger partial charge in [-0.15, -0.1) is 0 Å². The lowest BCUT2D eigenvalue weighted by molar-refractivity contribution is -0.386. The van der Waals surface area contributed by atoms with Crippen molar-refractivity contribution in [1.82, 2.24) is 0 Å². The fourth-order valence-electron chi connectivity index (χ4n) is 4.00. The second-order valence-electron chi connectivity index (χ2n) is 8.31. The molecule has 7 heteroatoms. The van der Waals surface area contributed by atoms with Gasteiger partial charge in [-0.05, 0) is 44.4 Å². The van der Waals surface area contributed by atoms with Crippen molar-refractivity contribution < 1.29 is 23.9 Å². The largest absolute Gasteiger partial charge is 0.496 e. The van der Waals surface area contributed by atoms with Crippen LogP contribution in [0.2, 0.25) is 0 Å². The number of carbonyl (C=O) groups excluding carboxylic acids is 1. The molecule has 7 nitrogen and oxygen atoms in total. The van der Waals surface area contributed by atoms with Crippen LogP contribution in [-0.2, 0) is 12.8 Å². The number of benzene rings is 2. The van der Waals surface area contributed by atoms with Crippen LogP contribution < -0.4 is 14.2 Å². The average molecular weight is 472 g/mol. The van der Waals surface area contributed by atoms with Crippen molar-refractivity contribution in [2.45, 2.75) is 72.1 Å². The second kappa shape index (κ2) is 14.2. The third-order valence-electron chi connectivity index (χ3n) is 5.67. The second-order valence-corrected chi connectivity index (χ2v) is 8.31. The van der Waals surface area contributed by atoms with Crippen molar-refractivity contribution in [1.29, 1.82) is 0 Å². The van der Waals surface area contributed by atoms with E-state index in [4.69, 9.17) is 14.2 Å². The number of ether oxygens (including phenoxy) is 3. The molecule has 2 rings (SSSR count). The first-order chi connectivity index (χ1) is 16.4. The number of hydrogen-bond donors (Lipinski definition) is 0. The highest BCUT2D eigenvalue weighted by molar-refractivity contribution is 5.97. The number of unbranched alkanes of at least 4 members (excludes halogenated alkanes) is 3. The maximum absolute atomic E-state index is 11.9. The van der Waals surface area contributed by atoms with Gasteiger partial charge in [-0.1, -0.05) is 51.7 Å². The molecule has 0 unspecified atom stereocenters. The molecule has 0 saturated carbocycles. The number of carbonyl (C=O) groups is 1. The number of rotatable bonds is 16. The molecule has 186 valence electrons. The number of hydrogen-bond acceptors (Lipinski definition) is 6.